The van der Waals surface area contributed by atoms with E-state index in [-0.39, 0.29) is 16.8 Å². The van der Waals surface area contributed by atoms with Gasteiger partial charge in [0.05, 0.1) is 15.8 Å². The van der Waals surface area contributed by atoms with Crippen LogP contribution in [0, 0.1) is 10.1 Å². The Labute approximate surface area is 116 Å². The molecule has 18 heavy (non-hydrogen) atoms. The van der Waals surface area contributed by atoms with Crippen LogP contribution < -0.4 is 5.32 Å². The number of aromatic nitrogens is 2. The SMILES string of the molecule is O=[N+]([O-])c1cnc(Cl)nc1NCc1ccc(Cl)s1. The van der Waals surface area contributed by atoms with Crippen LogP contribution in [-0.4, -0.2) is 14.9 Å². The predicted molar refractivity (Wildman–Crippen MR) is 70.4 cm³/mol. The minimum Gasteiger partial charge on any atom is -0.359 e. The number of thiophene rings is 1. The fraction of sp³-hybridized carbons (Fsp3) is 0.111. The molecule has 1 N–H and O–H groups in total. The largest absolute Gasteiger partial charge is 0.359 e. The van der Waals surface area contributed by atoms with Crippen molar-refractivity contribution >= 4 is 46.0 Å². The van der Waals surface area contributed by atoms with Crippen LogP contribution in [0.25, 0.3) is 0 Å². The normalized spacial score (nSPS) is 10.3. The van der Waals surface area contributed by atoms with E-state index in [9.17, 15) is 10.1 Å². The molecule has 0 aliphatic carbocycles. The van der Waals surface area contributed by atoms with E-state index in [1.54, 1.807) is 6.07 Å². The molecule has 0 amide bonds. The summed E-state index contributed by atoms with van der Waals surface area (Å²) in [5, 5.41) is 13.6. The molecule has 0 bridgehead atoms. The predicted octanol–water partition coefficient (Wildman–Crippen LogP) is 3.37. The summed E-state index contributed by atoms with van der Waals surface area (Å²) in [7, 11) is 0. The van der Waals surface area contributed by atoms with Gasteiger partial charge in [-0.25, -0.2) is 4.98 Å². The molecule has 0 fully saturated rings. The number of nitrogens with zero attached hydrogens (tertiary/aromatic N) is 3. The second-order valence-electron chi connectivity index (χ2n) is 3.19. The summed E-state index contributed by atoms with van der Waals surface area (Å²) >= 11 is 12.8. The minimum absolute atomic E-state index is 0.0488. The fourth-order valence-electron chi connectivity index (χ4n) is 1.24. The molecule has 6 nitrogen and oxygen atoms in total. The van der Waals surface area contributed by atoms with E-state index in [1.807, 2.05) is 6.07 Å². The number of hydrogen-bond donors (Lipinski definition) is 1. The summed E-state index contributed by atoms with van der Waals surface area (Å²) < 4.78 is 0.655. The molecule has 94 valence electrons. The second-order valence-corrected chi connectivity index (χ2v) is 5.33. The van der Waals surface area contributed by atoms with Crippen molar-refractivity contribution in [3.8, 4) is 0 Å². The van der Waals surface area contributed by atoms with Gasteiger partial charge in [-0.2, -0.15) is 4.98 Å². The Morgan fingerprint density at radius 3 is 2.83 bits per heavy atom. The first-order valence-electron chi connectivity index (χ1n) is 4.71. The van der Waals surface area contributed by atoms with E-state index in [0.29, 0.717) is 10.9 Å². The third-order valence-corrected chi connectivity index (χ3v) is 3.41. The van der Waals surface area contributed by atoms with Crippen molar-refractivity contribution in [3.63, 3.8) is 0 Å². The van der Waals surface area contributed by atoms with Gasteiger partial charge in [0.15, 0.2) is 0 Å². The zero-order chi connectivity index (χ0) is 13.1. The van der Waals surface area contributed by atoms with Gasteiger partial charge in [-0.1, -0.05) is 11.6 Å². The Balaban J connectivity index is 2.17. The molecule has 0 spiro atoms. The van der Waals surface area contributed by atoms with Gasteiger partial charge in [-0.15, -0.1) is 11.3 Å². The van der Waals surface area contributed by atoms with Crippen LogP contribution in [0.2, 0.25) is 9.62 Å². The smallest absolute Gasteiger partial charge is 0.329 e. The average Bonchev–Trinajstić information content (AvgIpc) is 2.72. The quantitative estimate of drug-likeness (QED) is 0.532. The van der Waals surface area contributed by atoms with Crippen molar-refractivity contribution in [2.24, 2.45) is 0 Å². The molecule has 0 atom stereocenters. The summed E-state index contributed by atoms with van der Waals surface area (Å²) in [6.45, 7) is 0.381. The first-order chi connectivity index (χ1) is 8.56. The van der Waals surface area contributed by atoms with E-state index in [2.05, 4.69) is 15.3 Å². The van der Waals surface area contributed by atoms with E-state index in [1.165, 1.54) is 11.3 Å². The molecular weight excluding hydrogens is 299 g/mol. The Bertz CT molecular complexity index is 590. The van der Waals surface area contributed by atoms with E-state index in [0.717, 1.165) is 11.1 Å². The van der Waals surface area contributed by atoms with Gasteiger partial charge in [-0.05, 0) is 23.7 Å². The van der Waals surface area contributed by atoms with E-state index >= 15 is 0 Å². The third kappa shape index (κ3) is 3.06. The van der Waals surface area contributed by atoms with Crippen molar-refractivity contribution in [2.75, 3.05) is 5.32 Å². The Kier molecular flexibility index (Phi) is 3.95. The number of nitrogens with one attached hydrogen (secondary N) is 1. The number of rotatable bonds is 4. The van der Waals surface area contributed by atoms with Gasteiger partial charge in [-0.3, -0.25) is 10.1 Å². The van der Waals surface area contributed by atoms with Crippen molar-refractivity contribution < 1.29 is 4.92 Å². The Hall–Kier alpha value is -1.44. The van der Waals surface area contributed by atoms with E-state index in [4.69, 9.17) is 23.2 Å². The summed E-state index contributed by atoms with van der Waals surface area (Å²) in [6.07, 6.45) is 1.07. The lowest BCUT2D eigenvalue weighted by Gasteiger charge is -2.04. The van der Waals surface area contributed by atoms with Gasteiger partial charge >= 0.3 is 5.69 Å². The summed E-state index contributed by atoms with van der Waals surface area (Å²) in [4.78, 5) is 18.5. The van der Waals surface area contributed by atoms with Gasteiger partial charge in [0.1, 0.15) is 6.20 Å². The average molecular weight is 305 g/mol. The highest BCUT2D eigenvalue weighted by Gasteiger charge is 2.16. The fourth-order valence-corrected chi connectivity index (χ4v) is 2.40. The number of anilines is 1. The topological polar surface area (TPSA) is 81.0 Å². The monoisotopic (exact) mass is 304 g/mol. The zero-order valence-corrected chi connectivity index (χ0v) is 11.1. The summed E-state index contributed by atoms with van der Waals surface area (Å²) in [5.74, 6) is 0.0875. The molecule has 2 rings (SSSR count). The molecule has 0 aliphatic rings. The van der Waals surface area contributed by atoms with Crippen molar-refractivity contribution in [1.82, 2.24) is 9.97 Å². The van der Waals surface area contributed by atoms with Crippen LogP contribution in [0.1, 0.15) is 4.88 Å². The third-order valence-electron chi connectivity index (χ3n) is 2.00. The van der Waals surface area contributed by atoms with Crippen LogP contribution in [0.5, 0.6) is 0 Å². The minimum atomic E-state index is -0.569. The molecule has 0 saturated heterocycles. The number of nitro groups is 1. The lowest BCUT2D eigenvalue weighted by atomic mass is 10.4. The first kappa shape index (κ1) is 13.0. The standard InChI is InChI=1S/C9H6Cl2N4O2S/c10-7-2-1-5(18-7)3-12-8-6(15(16)17)4-13-9(11)14-8/h1-2,4H,3H2,(H,12,13,14). The highest BCUT2D eigenvalue weighted by Crippen LogP contribution is 2.25. The number of hydrogen-bond acceptors (Lipinski definition) is 6. The van der Waals surface area contributed by atoms with Crippen LogP contribution in [0.15, 0.2) is 18.3 Å². The van der Waals surface area contributed by atoms with Crippen molar-refractivity contribution in [3.05, 3.63) is 42.9 Å². The first-order valence-corrected chi connectivity index (χ1v) is 6.28. The maximum atomic E-state index is 10.8. The van der Waals surface area contributed by atoms with Crippen molar-refractivity contribution in [2.45, 2.75) is 6.54 Å². The Morgan fingerprint density at radius 2 is 2.22 bits per heavy atom. The maximum absolute atomic E-state index is 10.8. The molecular formula is C9H6Cl2N4O2S. The summed E-state index contributed by atoms with van der Waals surface area (Å²) in [5.41, 5.74) is -0.220. The molecule has 0 aliphatic heterocycles. The molecule has 2 aromatic heterocycles. The van der Waals surface area contributed by atoms with Crippen LogP contribution >= 0.6 is 34.5 Å². The van der Waals surface area contributed by atoms with E-state index < -0.39 is 4.92 Å². The van der Waals surface area contributed by atoms with Gasteiger partial charge < -0.3 is 5.32 Å². The molecule has 0 unspecified atom stereocenters. The second kappa shape index (κ2) is 5.47. The van der Waals surface area contributed by atoms with Gasteiger partial charge in [0, 0.05) is 4.88 Å². The lowest BCUT2D eigenvalue weighted by molar-refractivity contribution is -0.384. The highest BCUT2D eigenvalue weighted by molar-refractivity contribution is 7.16. The molecule has 0 aromatic carbocycles. The van der Waals surface area contributed by atoms with Crippen LogP contribution in [0.3, 0.4) is 0 Å². The zero-order valence-electron chi connectivity index (χ0n) is 8.76. The maximum Gasteiger partial charge on any atom is 0.329 e. The molecule has 2 heterocycles. The van der Waals surface area contributed by atoms with Crippen molar-refractivity contribution in [1.29, 1.82) is 0 Å². The van der Waals surface area contributed by atoms with Gasteiger partial charge in [0.2, 0.25) is 11.1 Å². The molecule has 0 radical (unpaired) electrons. The summed E-state index contributed by atoms with van der Waals surface area (Å²) in [6, 6.07) is 3.58. The lowest BCUT2D eigenvalue weighted by Crippen LogP contribution is -2.04. The van der Waals surface area contributed by atoms with Crippen LogP contribution in [0.4, 0.5) is 11.5 Å². The molecule has 0 saturated carbocycles. The number of halogens is 2. The van der Waals surface area contributed by atoms with Gasteiger partial charge in [0.25, 0.3) is 0 Å². The molecule has 2 aromatic rings. The molecule has 9 heteroatoms. The van der Waals surface area contributed by atoms with Crippen LogP contribution in [-0.2, 0) is 6.54 Å². The Morgan fingerprint density at radius 1 is 1.44 bits per heavy atom. The highest BCUT2D eigenvalue weighted by atomic mass is 35.5.